The Bertz CT molecular complexity index is 288. The highest BCUT2D eigenvalue weighted by molar-refractivity contribution is 5.91. The first-order valence-electron chi connectivity index (χ1n) is 6.34. The average Bonchev–Trinajstić information content (AvgIpc) is 2.17. The van der Waals surface area contributed by atoms with E-state index in [2.05, 4.69) is 20.8 Å². The zero-order chi connectivity index (χ0) is 11.0. The molecule has 3 atom stereocenters. The molecule has 0 aromatic rings. The van der Waals surface area contributed by atoms with Crippen LogP contribution in [0.1, 0.15) is 46.5 Å². The maximum atomic E-state index is 11.5. The predicted molar refractivity (Wildman–Crippen MR) is 62.5 cm³/mol. The molecule has 0 N–H and O–H groups in total. The smallest absolute Gasteiger partial charge is 0.155 e. The molecule has 0 amide bonds. The van der Waals surface area contributed by atoms with Gasteiger partial charge in [0.1, 0.15) is 0 Å². The summed E-state index contributed by atoms with van der Waals surface area (Å²) in [6, 6.07) is 0. The second-order valence-electron chi connectivity index (χ2n) is 5.66. The van der Waals surface area contributed by atoms with Gasteiger partial charge in [-0.2, -0.15) is 0 Å². The van der Waals surface area contributed by atoms with E-state index >= 15 is 0 Å². The molecule has 0 radical (unpaired) electrons. The third kappa shape index (κ3) is 2.02. The molecular formula is C14H22O. The normalized spacial score (nSPS) is 36.4. The highest BCUT2D eigenvalue weighted by Crippen LogP contribution is 2.45. The van der Waals surface area contributed by atoms with Gasteiger partial charge in [-0.25, -0.2) is 0 Å². The zero-order valence-electron chi connectivity index (χ0n) is 10.1. The number of ketones is 1. The fourth-order valence-corrected chi connectivity index (χ4v) is 3.35. The summed E-state index contributed by atoms with van der Waals surface area (Å²) in [5.74, 6) is 3.23. The van der Waals surface area contributed by atoms with Crippen molar-refractivity contribution in [1.29, 1.82) is 0 Å². The molecule has 1 fully saturated rings. The number of allylic oxidation sites excluding steroid dienone is 2. The van der Waals surface area contributed by atoms with Crippen molar-refractivity contribution in [3.8, 4) is 0 Å². The summed E-state index contributed by atoms with van der Waals surface area (Å²) in [6.45, 7) is 6.93. The van der Waals surface area contributed by atoms with Crippen LogP contribution in [0.2, 0.25) is 0 Å². The summed E-state index contributed by atoms with van der Waals surface area (Å²) < 4.78 is 0. The van der Waals surface area contributed by atoms with Crippen molar-refractivity contribution in [2.75, 3.05) is 0 Å². The van der Waals surface area contributed by atoms with E-state index < -0.39 is 0 Å². The van der Waals surface area contributed by atoms with E-state index in [9.17, 15) is 4.79 Å². The highest BCUT2D eigenvalue weighted by Gasteiger charge is 2.36. The Hall–Kier alpha value is -0.590. The van der Waals surface area contributed by atoms with E-state index in [-0.39, 0.29) is 0 Å². The molecule has 84 valence electrons. The van der Waals surface area contributed by atoms with Crippen LogP contribution in [0.3, 0.4) is 0 Å². The monoisotopic (exact) mass is 206 g/mol. The molecule has 15 heavy (non-hydrogen) atoms. The van der Waals surface area contributed by atoms with Crippen molar-refractivity contribution < 1.29 is 4.79 Å². The minimum absolute atomic E-state index is 0.362. The summed E-state index contributed by atoms with van der Waals surface area (Å²) in [4.78, 5) is 11.5. The van der Waals surface area contributed by atoms with Gasteiger partial charge in [0, 0.05) is 6.42 Å². The van der Waals surface area contributed by atoms with Gasteiger partial charge >= 0.3 is 0 Å². The first-order valence-corrected chi connectivity index (χ1v) is 6.34. The lowest BCUT2D eigenvalue weighted by atomic mass is 9.64. The van der Waals surface area contributed by atoms with Crippen LogP contribution in [0.5, 0.6) is 0 Å². The summed E-state index contributed by atoms with van der Waals surface area (Å²) >= 11 is 0. The summed E-state index contributed by atoms with van der Waals surface area (Å²) in [7, 11) is 0. The molecular weight excluding hydrogens is 184 g/mol. The highest BCUT2D eigenvalue weighted by atomic mass is 16.1. The minimum Gasteiger partial charge on any atom is -0.295 e. The SMILES string of the molecule is CC(C)[C@H]1CC[C@@H](C)[C@@H]2CCC(=O)C=C21. The number of carbonyl (C=O) groups excluding carboxylic acids is 1. The molecule has 2 aliphatic carbocycles. The van der Waals surface area contributed by atoms with Crippen molar-refractivity contribution in [3.05, 3.63) is 11.6 Å². The largest absolute Gasteiger partial charge is 0.295 e. The predicted octanol–water partition coefficient (Wildman–Crippen LogP) is 3.59. The molecule has 0 bridgehead atoms. The Morgan fingerprint density at radius 1 is 1.27 bits per heavy atom. The van der Waals surface area contributed by atoms with E-state index in [1.165, 1.54) is 18.4 Å². The molecule has 0 heterocycles. The van der Waals surface area contributed by atoms with Crippen LogP contribution < -0.4 is 0 Å². The topological polar surface area (TPSA) is 17.1 Å². The molecule has 2 rings (SSSR count). The van der Waals surface area contributed by atoms with Crippen LogP contribution >= 0.6 is 0 Å². The van der Waals surface area contributed by atoms with Crippen LogP contribution in [0.15, 0.2) is 11.6 Å². The molecule has 0 unspecified atom stereocenters. The van der Waals surface area contributed by atoms with Gasteiger partial charge in [0.25, 0.3) is 0 Å². The first kappa shape index (κ1) is 10.9. The van der Waals surface area contributed by atoms with Gasteiger partial charge in [0.05, 0.1) is 0 Å². The van der Waals surface area contributed by atoms with E-state index in [0.717, 1.165) is 18.8 Å². The van der Waals surface area contributed by atoms with Crippen molar-refractivity contribution in [2.24, 2.45) is 23.7 Å². The molecule has 0 spiro atoms. The third-order valence-corrected chi connectivity index (χ3v) is 4.31. The number of hydrogen-bond acceptors (Lipinski definition) is 1. The number of rotatable bonds is 1. The van der Waals surface area contributed by atoms with Gasteiger partial charge in [0.15, 0.2) is 5.78 Å². The lowest BCUT2D eigenvalue weighted by molar-refractivity contribution is -0.115. The first-order chi connectivity index (χ1) is 7.09. The molecule has 2 aliphatic rings. The van der Waals surface area contributed by atoms with Crippen LogP contribution in [0, 0.1) is 23.7 Å². The Morgan fingerprint density at radius 2 is 2.00 bits per heavy atom. The summed E-state index contributed by atoms with van der Waals surface area (Å²) in [5.41, 5.74) is 1.49. The summed E-state index contributed by atoms with van der Waals surface area (Å²) in [6.07, 6.45) is 6.50. The van der Waals surface area contributed by atoms with Gasteiger partial charge in [-0.3, -0.25) is 4.79 Å². The third-order valence-electron chi connectivity index (χ3n) is 4.31. The van der Waals surface area contributed by atoms with Gasteiger partial charge in [0.2, 0.25) is 0 Å². The molecule has 1 heteroatoms. The van der Waals surface area contributed by atoms with Crippen molar-refractivity contribution >= 4 is 5.78 Å². The van der Waals surface area contributed by atoms with Crippen LogP contribution in [0.25, 0.3) is 0 Å². The van der Waals surface area contributed by atoms with Crippen LogP contribution in [-0.2, 0) is 4.79 Å². The number of carbonyl (C=O) groups is 1. The van der Waals surface area contributed by atoms with Crippen molar-refractivity contribution in [3.63, 3.8) is 0 Å². The molecule has 1 saturated carbocycles. The fourth-order valence-electron chi connectivity index (χ4n) is 3.35. The molecule has 0 aromatic heterocycles. The maximum absolute atomic E-state index is 11.5. The lowest BCUT2D eigenvalue weighted by Gasteiger charge is -2.41. The molecule has 0 saturated heterocycles. The average molecular weight is 206 g/mol. The number of fused-ring (bicyclic) bond motifs is 1. The maximum Gasteiger partial charge on any atom is 0.155 e. The second kappa shape index (κ2) is 4.11. The van der Waals surface area contributed by atoms with Crippen molar-refractivity contribution in [1.82, 2.24) is 0 Å². The van der Waals surface area contributed by atoms with Gasteiger partial charge in [-0.05, 0) is 49.0 Å². The van der Waals surface area contributed by atoms with E-state index in [1.807, 2.05) is 6.08 Å². The Morgan fingerprint density at radius 3 is 2.67 bits per heavy atom. The van der Waals surface area contributed by atoms with E-state index in [1.54, 1.807) is 0 Å². The lowest BCUT2D eigenvalue weighted by Crippen LogP contribution is -2.32. The fraction of sp³-hybridized carbons (Fsp3) is 0.786. The van der Waals surface area contributed by atoms with E-state index in [4.69, 9.17) is 0 Å². The molecule has 0 aliphatic heterocycles. The summed E-state index contributed by atoms with van der Waals surface area (Å²) in [5, 5.41) is 0. The van der Waals surface area contributed by atoms with Gasteiger partial charge < -0.3 is 0 Å². The van der Waals surface area contributed by atoms with Gasteiger partial charge in [-0.15, -0.1) is 0 Å². The minimum atomic E-state index is 0.362. The molecule has 0 aromatic carbocycles. The van der Waals surface area contributed by atoms with Crippen molar-refractivity contribution in [2.45, 2.75) is 46.5 Å². The van der Waals surface area contributed by atoms with Crippen LogP contribution in [0.4, 0.5) is 0 Å². The van der Waals surface area contributed by atoms with Crippen LogP contribution in [-0.4, -0.2) is 5.78 Å². The zero-order valence-corrected chi connectivity index (χ0v) is 10.1. The Kier molecular flexibility index (Phi) is 2.99. The number of hydrogen-bond donors (Lipinski definition) is 0. The van der Waals surface area contributed by atoms with E-state index in [0.29, 0.717) is 23.5 Å². The quantitative estimate of drug-likeness (QED) is 0.640. The Balaban J connectivity index is 2.27. The Labute approximate surface area is 92.9 Å². The standard InChI is InChI=1S/C14H22O/c1-9(2)12-6-4-10(3)13-7-5-11(15)8-14(12)13/h8-10,12-13H,4-7H2,1-3H3/t10-,12-,13+/m1/s1. The second-order valence-corrected chi connectivity index (χ2v) is 5.66. The molecule has 1 nitrogen and oxygen atoms in total. The van der Waals surface area contributed by atoms with Gasteiger partial charge in [-0.1, -0.05) is 26.3 Å².